The second kappa shape index (κ2) is 5.65. The number of aliphatic carboxylic acids is 1. The molecule has 1 unspecified atom stereocenters. The molecule has 24 heavy (non-hydrogen) atoms. The molecule has 1 aromatic rings. The summed E-state index contributed by atoms with van der Waals surface area (Å²) in [5, 5.41) is 8.92. The van der Waals surface area contributed by atoms with Gasteiger partial charge in [-0.25, -0.2) is 0 Å². The highest BCUT2D eigenvalue weighted by Gasteiger charge is 2.59. The molecule has 8 heteroatoms. The van der Waals surface area contributed by atoms with Crippen LogP contribution in [0.2, 0.25) is 5.02 Å². The summed E-state index contributed by atoms with van der Waals surface area (Å²) in [6, 6.07) is 2.81. The van der Waals surface area contributed by atoms with Gasteiger partial charge in [0, 0.05) is 23.7 Å². The van der Waals surface area contributed by atoms with Crippen molar-refractivity contribution in [3.63, 3.8) is 0 Å². The minimum Gasteiger partial charge on any atom is -0.481 e. The highest BCUT2D eigenvalue weighted by atomic mass is 35.5. The number of halogens is 4. The summed E-state index contributed by atoms with van der Waals surface area (Å²) < 4.78 is 38.5. The molecule has 0 aromatic heterocycles. The Morgan fingerprint density at radius 1 is 1.21 bits per heavy atom. The number of carbonyl (C=O) groups is 2. The van der Waals surface area contributed by atoms with Crippen LogP contribution < -0.4 is 0 Å². The number of rotatable bonds is 2. The Bertz CT molecular complexity index is 696. The number of amides is 1. The molecule has 130 valence electrons. The van der Waals surface area contributed by atoms with Crippen LogP contribution in [0.5, 0.6) is 0 Å². The van der Waals surface area contributed by atoms with Gasteiger partial charge in [-0.2, -0.15) is 13.2 Å². The normalized spacial score (nSPS) is 22.5. The maximum atomic E-state index is 12.8. The van der Waals surface area contributed by atoms with Crippen LogP contribution in [-0.4, -0.2) is 35.0 Å². The van der Waals surface area contributed by atoms with Gasteiger partial charge in [-0.15, -0.1) is 0 Å². The Hall–Kier alpha value is -1.76. The largest absolute Gasteiger partial charge is 0.481 e. The third kappa shape index (κ3) is 3.09. The van der Waals surface area contributed by atoms with Gasteiger partial charge in [0.25, 0.3) is 5.91 Å². The topological polar surface area (TPSA) is 57.6 Å². The average Bonchev–Trinajstić information content (AvgIpc) is 3.20. The van der Waals surface area contributed by atoms with Crippen molar-refractivity contribution in [1.29, 1.82) is 0 Å². The van der Waals surface area contributed by atoms with Crippen LogP contribution in [0.3, 0.4) is 0 Å². The number of likely N-dealkylation sites (tertiary alicyclic amines) is 1. The van der Waals surface area contributed by atoms with E-state index in [2.05, 4.69) is 0 Å². The van der Waals surface area contributed by atoms with Crippen molar-refractivity contribution in [2.24, 2.45) is 11.3 Å². The van der Waals surface area contributed by atoms with Crippen LogP contribution in [0.1, 0.15) is 35.2 Å². The predicted molar refractivity (Wildman–Crippen MR) is 79.8 cm³/mol. The van der Waals surface area contributed by atoms with Crippen molar-refractivity contribution in [2.45, 2.75) is 25.4 Å². The van der Waals surface area contributed by atoms with Crippen LogP contribution in [0.15, 0.2) is 18.2 Å². The Labute approximate surface area is 141 Å². The fourth-order valence-electron chi connectivity index (χ4n) is 3.46. The van der Waals surface area contributed by atoms with E-state index in [1.807, 2.05) is 0 Å². The number of hydrogen-bond acceptors (Lipinski definition) is 2. The summed E-state index contributed by atoms with van der Waals surface area (Å²) in [6.45, 7) is 0.687. The summed E-state index contributed by atoms with van der Waals surface area (Å²) in [6.07, 6.45) is -2.85. The second-order valence-electron chi connectivity index (χ2n) is 6.48. The van der Waals surface area contributed by atoms with E-state index in [0.29, 0.717) is 32.4 Å². The van der Waals surface area contributed by atoms with Gasteiger partial charge in [0.1, 0.15) is 0 Å². The summed E-state index contributed by atoms with van der Waals surface area (Å²) >= 11 is 5.71. The number of benzene rings is 1. The van der Waals surface area contributed by atoms with E-state index >= 15 is 0 Å². The Morgan fingerprint density at radius 2 is 1.83 bits per heavy atom. The van der Waals surface area contributed by atoms with Gasteiger partial charge in [0.05, 0.1) is 11.5 Å². The van der Waals surface area contributed by atoms with Crippen molar-refractivity contribution in [2.75, 3.05) is 13.1 Å². The standard InChI is InChI=1S/C16H15ClF3NO3/c17-11-6-9(5-10(7-11)16(18,19)20)13(22)21-3-1-15(2-4-21)8-12(15)14(23)24/h5-7,12H,1-4,8H2,(H,23,24). The quantitative estimate of drug-likeness (QED) is 0.874. The monoisotopic (exact) mass is 361 g/mol. The molecule has 2 fully saturated rings. The van der Waals surface area contributed by atoms with Crippen molar-refractivity contribution < 1.29 is 27.9 Å². The minimum atomic E-state index is -4.57. The Balaban J connectivity index is 1.72. The van der Waals surface area contributed by atoms with Gasteiger partial charge in [0.2, 0.25) is 0 Å². The first kappa shape index (κ1) is 17.1. The lowest BCUT2D eigenvalue weighted by atomic mass is 9.90. The van der Waals surface area contributed by atoms with E-state index < -0.39 is 23.6 Å². The molecule has 1 amide bonds. The summed E-state index contributed by atoms with van der Waals surface area (Å²) in [5.74, 6) is -1.69. The first-order valence-corrected chi connectivity index (χ1v) is 7.90. The van der Waals surface area contributed by atoms with E-state index in [1.54, 1.807) is 0 Å². The number of carbonyl (C=O) groups excluding carboxylic acids is 1. The molecule has 1 spiro atoms. The molecule has 1 N–H and O–H groups in total. The number of carboxylic acid groups (broad SMARTS) is 1. The number of alkyl halides is 3. The zero-order chi connectivity index (χ0) is 17.7. The Morgan fingerprint density at radius 3 is 2.33 bits per heavy atom. The number of carboxylic acids is 1. The maximum Gasteiger partial charge on any atom is 0.416 e. The molecular formula is C16H15ClF3NO3. The first-order valence-electron chi connectivity index (χ1n) is 7.52. The second-order valence-corrected chi connectivity index (χ2v) is 6.91. The molecule has 1 heterocycles. The molecule has 0 radical (unpaired) electrons. The summed E-state index contributed by atoms with van der Waals surface area (Å²) in [7, 11) is 0. The van der Waals surface area contributed by atoms with Crippen LogP contribution in [0, 0.1) is 11.3 Å². The van der Waals surface area contributed by atoms with Crippen LogP contribution >= 0.6 is 11.6 Å². The number of nitrogens with zero attached hydrogens (tertiary/aromatic N) is 1. The van der Waals surface area contributed by atoms with Gasteiger partial charge < -0.3 is 10.0 Å². The van der Waals surface area contributed by atoms with Crippen molar-refractivity contribution >= 4 is 23.5 Å². The highest BCUT2D eigenvalue weighted by molar-refractivity contribution is 6.31. The number of piperidine rings is 1. The zero-order valence-corrected chi connectivity index (χ0v) is 13.3. The molecular weight excluding hydrogens is 347 g/mol. The van der Waals surface area contributed by atoms with Crippen LogP contribution in [-0.2, 0) is 11.0 Å². The fraction of sp³-hybridized carbons (Fsp3) is 0.500. The van der Waals surface area contributed by atoms with Gasteiger partial charge in [-0.05, 0) is 42.9 Å². The van der Waals surface area contributed by atoms with Crippen molar-refractivity contribution in [3.8, 4) is 0 Å². The molecule has 1 aliphatic carbocycles. The summed E-state index contributed by atoms with van der Waals surface area (Å²) in [4.78, 5) is 25.0. The van der Waals surface area contributed by atoms with Gasteiger partial charge >= 0.3 is 12.1 Å². The first-order chi connectivity index (χ1) is 11.1. The Kier molecular flexibility index (Phi) is 4.02. The van der Waals surface area contributed by atoms with Crippen molar-refractivity contribution in [3.05, 3.63) is 34.3 Å². The van der Waals surface area contributed by atoms with Gasteiger partial charge in [-0.1, -0.05) is 11.6 Å². The molecule has 3 rings (SSSR count). The van der Waals surface area contributed by atoms with Crippen molar-refractivity contribution in [1.82, 2.24) is 4.90 Å². The smallest absolute Gasteiger partial charge is 0.416 e. The van der Waals surface area contributed by atoms with Gasteiger partial charge in [0.15, 0.2) is 0 Å². The van der Waals surface area contributed by atoms with E-state index in [0.717, 1.165) is 12.1 Å². The van der Waals surface area contributed by atoms with E-state index in [4.69, 9.17) is 16.7 Å². The van der Waals surface area contributed by atoms with Gasteiger partial charge in [-0.3, -0.25) is 9.59 Å². The maximum absolute atomic E-state index is 12.8. The number of hydrogen-bond donors (Lipinski definition) is 1. The molecule has 1 atom stereocenters. The minimum absolute atomic E-state index is 0.101. The molecule has 0 bridgehead atoms. The SMILES string of the molecule is O=C(O)C1CC12CCN(C(=O)c1cc(Cl)cc(C(F)(F)F)c1)CC2. The molecule has 1 saturated heterocycles. The zero-order valence-electron chi connectivity index (χ0n) is 12.6. The van der Waals surface area contributed by atoms with E-state index in [9.17, 15) is 22.8 Å². The third-order valence-electron chi connectivity index (χ3n) is 5.01. The lowest BCUT2D eigenvalue weighted by Crippen LogP contribution is -2.40. The fourth-order valence-corrected chi connectivity index (χ4v) is 3.70. The van der Waals surface area contributed by atoms with E-state index in [1.165, 1.54) is 11.0 Å². The lowest BCUT2D eigenvalue weighted by molar-refractivity contribution is -0.140. The highest BCUT2D eigenvalue weighted by Crippen LogP contribution is 2.59. The lowest BCUT2D eigenvalue weighted by Gasteiger charge is -2.32. The average molecular weight is 362 g/mol. The van der Waals surface area contributed by atoms with Crippen LogP contribution in [0.25, 0.3) is 0 Å². The summed E-state index contributed by atoms with van der Waals surface area (Å²) in [5.41, 5.74) is -1.30. The van der Waals surface area contributed by atoms with Crippen LogP contribution in [0.4, 0.5) is 13.2 Å². The predicted octanol–water partition coefficient (Wildman–Crippen LogP) is 3.69. The molecule has 1 aromatic carbocycles. The third-order valence-corrected chi connectivity index (χ3v) is 5.22. The molecule has 4 nitrogen and oxygen atoms in total. The molecule has 1 saturated carbocycles. The molecule has 2 aliphatic rings. The van der Waals surface area contributed by atoms with E-state index in [-0.39, 0.29) is 21.9 Å². The molecule has 1 aliphatic heterocycles.